The number of benzene rings is 1. The number of amides is 1. The van der Waals surface area contributed by atoms with E-state index in [1.165, 1.54) is 6.07 Å². The van der Waals surface area contributed by atoms with E-state index in [2.05, 4.69) is 20.9 Å². The van der Waals surface area contributed by atoms with Gasteiger partial charge in [0.25, 0.3) is 5.91 Å². The van der Waals surface area contributed by atoms with Crippen LogP contribution in [0.5, 0.6) is 5.75 Å². The van der Waals surface area contributed by atoms with E-state index in [1.54, 1.807) is 29.4 Å². The first-order chi connectivity index (χ1) is 9.61. The van der Waals surface area contributed by atoms with Crippen molar-refractivity contribution in [3.8, 4) is 5.75 Å². The van der Waals surface area contributed by atoms with Crippen LogP contribution in [0.1, 0.15) is 22.8 Å². The third-order valence-corrected chi connectivity index (χ3v) is 3.47. The van der Waals surface area contributed by atoms with Crippen LogP contribution in [0.4, 0.5) is 0 Å². The van der Waals surface area contributed by atoms with Crippen molar-refractivity contribution in [3.63, 3.8) is 0 Å². The lowest BCUT2D eigenvalue weighted by Gasteiger charge is -2.21. The fourth-order valence-electron chi connectivity index (χ4n) is 1.89. The van der Waals surface area contributed by atoms with E-state index >= 15 is 0 Å². The van der Waals surface area contributed by atoms with Crippen LogP contribution < -0.4 is 0 Å². The van der Waals surface area contributed by atoms with Crippen molar-refractivity contribution in [2.24, 2.45) is 0 Å². The molecule has 1 aromatic heterocycles. The van der Waals surface area contributed by atoms with Crippen molar-refractivity contribution in [1.29, 1.82) is 0 Å². The largest absolute Gasteiger partial charge is 0.507 e. The van der Waals surface area contributed by atoms with Crippen molar-refractivity contribution in [2.45, 2.75) is 13.5 Å². The van der Waals surface area contributed by atoms with Crippen molar-refractivity contribution in [2.75, 3.05) is 6.54 Å². The van der Waals surface area contributed by atoms with Gasteiger partial charge in [-0.2, -0.15) is 0 Å². The number of aromatic hydroxyl groups is 1. The number of carbonyl (C=O) groups excluding carboxylic acids is 1. The Labute approximate surface area is 126 Å². The summed E-state index contributed by atoms with van der Waals surface area (Å²) in [6, 6.07) is 8.59. The van der Waals surface area contributed by atoms with E-state index in [-0.39, 0.29) is 11.7 Å². The Balaban J connectivity index is 2.23. The minimum absolute atomic E-state index is 0.00798. The van der Waals surface area contributed by atoms with Gasteiger partial charge in [-0.25, -0.2) is 0 Å². The van der Waals surface area contributed by atoms with Crippen molar-refractivity contribution in [3.05, 3.63) is 58.3 Å². The molecule has 0 spiro atoms. The first-order valence-corrected chi connectivity index (χ1v) is 7.07. The summed E-state index contributed by atoms with van der Waals surface area (Å²) in [5.41, 5.74) is 1.31. The van der Waals surface area contributed by atoms with E-state index in [0.717, 1.165) is 10.0 Å². The molecule has 0 aliphatic heterocycles. The van der Waals surface area contributed by atoms with Crippen LogP contribution in [0, 0.1) is 0 Å². The Morgan fingerprint density at radius 1 is 1.30 bits per heavy atom. The number of phenolic OH excluding ortho intramolecular Hbond substituents is 1. The molecule has 0 bridgehead atoms. The van der Waals surface area contributed by atoms with Crippen LogP contribution in [-0.4, -0.2) is 27.4 Å². The molecule has 104 valence electrons. The lowest BCUT2D eigenvalue weighted by atomic mass is 10.1. The summed E-state index contributed by atoms with van der Waals surface area (Å²) in [5, 5.41) is 9.84. The zero-order valence-corrected chi connectivity index (χ0v) is 12.7. The highest BCUT2D eigenvalue weighted by Gasteiger charge is 2.18. The molecular formula is C15H15BrN2O2. The monoisotopic (exact) mass is 334 g/mol. The van der Waals surface area contributed by atoms with Crippen molar-refractivity contribution >= 4 is 21.8 Å². The number of rotatable bonds is 4. The predicted molar refractivity (Wildman–Crippen MR) is 80.5 cm³/mol. The first kappa shape index (κ1) is 14.5. The van der Waals surface area contributed by atoms with E-state index in [4.69, 9.17) is 0 Å². The van der Waals surface area contributed by atoms with E-state index in [9.17, 15) is 9.90 Å². The zero-order chi connectivity index (χ0) is 14.5. The number of phenols is 1. The summed E-state index contributed by atoms with van der Waals surface area (Å²) >= 11 is 3.31. The van der Waals surface area contributed by atoms with Crippen LogP contribution in [0.15, 0.2) is 47.2 Å². The van der Waals surface area contributed by atoms with Crippen LogP contribution in [-0.2, 0) is 6.54 Å². The molecule has 0 atom stereocenters. The Kier molecular flexibility index (Phi) is 4.74. The molecule has 1 N–H and O–H groups in total. The van der Waals surface area contributed by atoms with Gasteiger partial charge in [0, 0.05) is 30.0 Å². The topological polar surface area (TPSA) is 53.4 Å². The Morgan fingerprint density at radius 2 is 2.00 bits per heavy atom. The van der Waals surface area contributed by atoms with Gasteiger partial charge in [0.1, 0.15) is 5.75 Å². The lowest BCUT2D eigenvalue weighted by molar-refractivity contribution is 0.0749. The molecule has 0 unspecified atom stereocenters. The van der Waals surface area contributed by atoms with Crippen molar-refractivity contribution in [1.82, 2.24) is 9.88 Å². The number of carbonyl (C=O) groups is 1. The van der Waals surface area contributed by atoms with Gasteiger partial charge < -0.3 is 10.0 Å². The molecule has 0 saturated heterocycles. The number of hydrogen-bond donors (Lipinski definition) is 1. The normalized spacial score (nSPS) is 10.3. The molecule has 0 aliphatic carbocycles. The average molecular weight is 335 g/mol. The molecule has 20 heavy (non-hydrogen) atoms. The molecule has 5 heteroatoms. The fraction of sp³-hybridized carbons (Fsp3) is 0.200. The second-order valence-corrected chi connectivity index (χ2v) is 5.25. The van der Waals surface area contributed by atoms with E-state index in [0.29, 0.717) is 18.7 Å². The number of nitrogens with zero attached hydrogens (tertiary/aromatic N) is 2. The van der Waals surface area contributed by atoms with Gasteiger partial charge >= 0.3 is 0 Å². The third-order valence-electron chi connectivity index (χ3n) is 2.98. The van der Waals surface area contributed by atoms with Gasteiger partial charge in [0.15, 0.2) is 0 Å². The maximum atomic E-state index is 12.5. The quantitative estimate of drug-likeness (QED) is 0.933. The maximum absolute atomic E-state index is 12.5. The second kappa shape index (κ2) is 6.52. The molecule has 1 aromatic carbocycles. The molecule has 0 fully saturated rings. The van der Waals surface area contributed by atoms with Gasteiger partial charge in [-0.3, -0.25) is 9.78 Å². The van der Waals surface area contributed by atoms with Crippen molar-refractivity contribution < 1.29 is 9.90 Å². The smallest absolute Gasteiger partial charge is 0.257 e. The molecule has 0 aliphatic rings. The van der Waals surface area contributed by atoms with Crippen LogP contribution in [0.25, 0.3) is 0 Å². The van der Waals surface area contributed by atoms with Gasteiger partial charge in [0.2, 0.25) is 0 Å². The Bertz CT molecular complexity index is 602. The second-order valence-electron chi connectivity index (χ2n) is 4.34. The van der Waals surface area contributed by atoms with E-state index < -0.39 is 0 Å². The highest BCUT2D eigenvalue weighted by Crippen LogP contribution is 2.23. The molecular weight excluding hydrogens is 320 g/mol. The highest BCUT2D eigenvalue weighted by atomic mass is 79.9. The number of hydrogen-bond acceptors (Lipinski definition) is 3. The minimum atomic E-state index is -0.192. The number of halogens is 1. The minimum Gasteiger partial charge on any atom is -0.507 e. The first-order valence-electron chi connectivity index (χ1n) is 6.28. The lowest BCUT2D eigenvalue weighted by Crippen LogP contribution is -2.30. The van der Waals surface area contributed by atoms with Gasteiger partial charge in [-0.15, -0.1) is 0 Å². The molecule has 0 saturated carbocycles. The summed E-state index contributed by atoms with van der Waals surface area (Å²) in [5.74, 6) is -0.200. The van der Waals surface area contributed by atoms with Crippen LogP contribution in [0.3, 0.4) is 0 Å². The molecule has 4 nitrogen and oxygen atoms in total. The highest BCUT2D eigenvalue weighted by molar-refractivity contribution is 9.10. The standard InChI is InChI=1S/C15H15BrN2O2/c1-2-18(10-11-5-7-17-8-6-11)15(20)13-9-12(16)3-4-14(13)19/h3-9,19H,2,10H2,1H3. The summed E-state index contributed by atoms with van der Waals surface area (Å²) < 4.78 is 0.763. The summed E-state index contributed by atoms with van der Waals surface area (Å²) in [7, 11) is 0. The van der Waals surface area contributed by atoms with Gasteiger partial charge in [-0.1, -0.05) is 15.9 Å². The average Bonchev–Trinajstić information content (AvgIpc) is 2.47. The Morgan fingerprint density at radius 3 is 2.65 bits per heavy atom. The predicted octanol–water partition coefficient (Wildman–Crippen LogP) is 3.21. The summed E-state index contributed by atoms with van der Waals surface area (Å²) in [6.07, 6.45) is 3.40. The molecule has 2 aromatic rings. The molecule has 1 heterocycles. The van der Waals surface area contributed by atoms with Gasteiger partial charge in [0.05, 0.1) is 5.56 Å². The Hall–Kier alpha value is -1.88. The summed E-state index contributed by atoms with van der Waals surface area (Å²) in [4.78, 5) is 18.1. The maximum Gasteiger partial charge on any atom is 0.257 e. The number of aromatic nitrogens is 1. The zero-order valence-electron chi connectivity index (χ0n) is 11.1. The fourth-order valence-corrected chi connectivity index (χ4v) is 2.25. The summed E-state index contributed by atoms with van der Waals surface area (Å²) in [6.45, 7) is 2.96. The van der Waals surface area contributed by atoms with Gasteiger partial charge in [-0.05, 0) is 42.8 Å². The van der Waals surface area contributed by atoms with Crippen LogP contribution in [0.2, 0.25) is 0 Å². The number of pyridine rings is 1. The third kappa shape index (κ3) is 3.36. The SMILES string of the molecule is CCN(Cc1ccncc1)C(=O)c1cc(Br)ccc1O. The van der Waals surface area contributed by atoms with E-state index in [1.807, 2.05) is 19.1 Å². The molecule has 2 rings (SSSR count). The van der Waals surface area contributed by atoms with Crippen LogP contribution >= 0.6 is 15.9 Å². The molecule has 1 amide bonds. The molecule has 0 radical (unpaired) electrons.